The molecule has 1 N–H and O–H groups in total. The fraction of sp³-hybridized carbons (Fsp3) is 0.0667. The summed E-state index contributed by atoms with van der Waals surface area (Å²) in [5.41, 5.74) is 1.11. The standard InChI is InChI=1S/C15H12ClNO2/c16-13-6-7-14(18)12(8-13)9-17-10-15(19)11-4-2-1-3-5-11/h1-9,18H,10H2. The van der Waals surface area contributed by atoms with Crippen molar-refractivity contribution < 1.29 is 9.90 Å². The summed E-state index contributed by atoms with van der Waals surface area (Å²) in [6.45, 7) is 0.0377. The zero-order chi connectivity index (χ0) is 13.7. The van der Waals surface area contributed by atoms with Crippen molar-refractivity contribution in [1.29, 1.82) is 0 Å². The van der Waals surface area contributed by atoms with Gasteiger partial charge in [0.2, 0.25) is 0 Å². The van der Waals surface area contributed by atoms with Crippen molar-refractivity contribution in [2.45, 2.75) is 0 Å². The maximum absolute atomic E-state index is 11.8. The zero-order valence-electron chi connectivity index (χ0n) is 10.1. The first-order chi connectivity index (χ1) is 9.16. The van der Waals surface area contributed by atoms with Gasteiger partial charge in [0, 0.05) is 22.4 Å². The molecule has 2 rings (SSSR count). The van der Waals surface area contributed by atoms with Crippen LogP contribution in [-0.4, -0.2) is 23.6 Å². The Morgan fingerprint density at radius 2 is 1.95 bits per heavy atom. The van der Waals surface area contributed by atoms with Crippen LogP contribution in [0.25, 0.3) is 0 Å². The van der Waals surface area contributed by atoms with Gasteiger partial charge in [-0.05, 0) is 18.2 Å². The second-order valence-electron chi connectivity index (χ2n) is 3.96. The molecule has 0 spiro atoms. The summed E-state index contributed by atoms with van der Waals surface area (Å²) in [5.74, 6) is 0.0127. The molecule has 0 aliphatic carbocycles. The van der Waals surface area contributed by atoms with Crippen LogP contribution in [0, 0.1) is 0 Å². The summed E-state index contributed by atoms with van der Waals surface area (Å²) in [5, 5.41) is 10.1. The summed E-state index contributed by atoms with van der Waals surface area (Å²) in [6, 6.07) is 13.6. The molecule has 3 nitrogen and oxygen atoms in total. The van der Waals surface area contributed by atoms with Gasteiger partial charge in [0.25, 0.3) is 0 Å². The van der Waals surface area contributed by atoms with Gasteiger partial charge in [-0.1, -0.05) is 41.9 Å². The number of benzene rings is 2. The molecule has 0 aromatic heterocycles. The molecule has 0 atom stereocenters. The fourth-order valence-corrected chi connectivity index (χ4v) is 1.75. The third kappa shape index (κ3) is 3.66. The average molecular weight is 274 g/mol. The normalized spacial score (nSPS) is 10.8. The van der Waals surface area contributed by atoms with Crippen molar-refractivity contribution in [3.05, 3.63) is 64.7 Å². The number of rotatable bonds is 4. The lowest BCUT2D eigenvalue weighted by Crippen LogP contribution is -2.03. The summed E-state index contributed by atoms with van der Waals surface area (Å²) in [6.07, 6.45) is 1.45. The van der Waals surface area contributed by atoms with E-state index in [0.717, 1.165) is 0 Å². The minimum Gasteiger partial charge on any atom is -0.507 e. The second-order valence-corrected chi connectivity index (χ2v) is 4.40. The third-order valence-electron chi connectivity index (χ3n) is 2.55. The van der Waals surface area contributed by atoms with Crippen molar-refractivity contribution in [1.82, 2.24) is 0 Å². The van der Waals surface area contributed by atoms with E-state index in [1.165, 1.54) is 12.3 Å². The van der Waals surface area contributed by atoms with Crippen LogP contribution >= 0.6 is 11.6 Å². The number of nitrogens with zero attached hydrogens (tertiary/aromatic N) is 1. The fourth-order valence-electron chi connectivity index (χ4n) is 1.57. The number of aliphatic imine (C=N–C) groups is 1. The van der Waals surface area contributed by atoms with E-state index >= 15 is 0 Å². The highest BCUT2D eigenvalue weighted by molar-refractivity contribution is 6.30. The molecule has 0 fully saturated rings. The minimum absolute atomic E-state index is 0.0377. The van der Waals surface area contributed by atoms with E-state index in [2.05, 4.69) is 4.99 Å². The number of carbonyl (C=O) groups excluding carboxylic acids is 1. The molecule has 2 aromatic carbocycles. The lowest BCUT2D eigenvalue weighted by molar-refractivity contribution is 0.100. The van der Waals surface area contributed by atoms with Crippen LogP contribution in [0.3, 0.4) is 0 Å². The molecule has 0 saturated carbocycles. The number of hydrogen-bond donors (Lipinski definition) is 1. The Morgan fingerprint density at radius 1 is 1.21 bits per heavy atom. The number of aromatic hydroxyl groups is 1. The molecule has 0 saturated heterocycles. The second kappa shape index (κ2) is 6.16. The van der Waals surface area contributed by atoms with Gasteiger partial charge >= 0.3 is 0 Å². The van der Waals surface area contributed by atoms with Gasteiger partial charge in [0.05, 0.1) is 0 Å². The first kappa shape index (κ1) is 13.3. The van der Waals surface area contributed by atoms with E-state index in [4.69, 9.17) is 11.6 Å². The monoisotopic (exact) mass is 273 g/mol. The van der Waals surface area contributed by atoms with Crippen molar-refractivity contribution >= 4 is 23.6 Å². The number of phenols is 1. The molecular weight excluding hydrogens is 262 g/mol. The van der Waals surface area contributed by atoms with Crippen LogP contribution < -0.4 is 0 Å². The molecule has 4 heteroatoms. The smallest absolute Gasteiger partial charge is 0.184 e. The van der Waals surface area contributed by atoms with E-state index in [0.29, 0.717) is 16.1 Å². The van der Waals surface area contributed by atoms with Crippen LogP contribution in [-0.2, 0) is 0 Å². The number of Topliss-reactive ketones (excluding diaryl/α,β-unsaturated/α-hetero) is 1. The molecule has 0 amide bonds. The Morgan fingerprint density at radius 3 is 2.68 bits per heavy atom. The van der Waals surface area contributed by atoms with Gasteiger partial charge in [-0.3, -0.25) is 9.79 Å². The first-order valence-corrected chi connectivity index (χ1v) is 6.11. The number of halogens is 1. The van der Waals surface area contributed by atoms with Gasteiger partial charge in [-0.25, -0.2) is 0 Å². The van der Waals surface area contributed by atoms with E-state index < -0.39 is 0 Å². The maximum Gasteiger partial charge on any atom is 0.184 e. The predicted molar refractivity (Wildman–Crippen MR) is 76.4 cm³/mol. The Kier molecular flexibility index (Phi) is 4.31. The quantitative estimate of drug-likeness (QED) is 0.686. The van der Waals surface area contributed by atoms with Crippen LogP contribution in [0.2, 0.25) is 5.02 Å². The summed E-state index contributed by atoms with van der Waals surface area (Å²) in [4.78, 5) is 15.8. The van der Waals surface area contributed by atoms with Gasteiger partial charge in [-0.15, -0.1) is 0 Å². The molecule has 96 valence electrons. The third-order valence-corrected chi connectivity index (χ3v) is 2.79. The Hall–Kier alpha value is -2.13. The highest BCUT2D eigenvalue weighted by Crippen LogP contribution is 2.19. The van der Waals surface area contributed by atoms with Gasteiger partial charge in [-0.2, -0.15) is 0 Å². The summed E-state index contributed by atoms with van der Waals surface area (Å²) < 4.78 is 0. The van der Waals surface area contributed by atoms with E-state index in [1.807, 2.05) is 6.07 Å². The van der Waals surface area contributed by atoms with E-state index in [-0.39, 0.29) is 18.1 Å². The molecule has 0 radical (unpaired) electrons. The SMILES string of the molecule is O=C(CN=Cc1cc(Cl)ccc1O)c1ccccc1. The Balaban J connectivity index is 2.04. The number of phenolic OH excluding ortho intramolecular Hbond substituents is 1. The molecular formula is C15H12ClNO2. The van der Waals surface area contributed by atoms with E-state index in [1.54, 1.807) is 36.4 Å². The zero-order valence-corrected chi connectivity index (χ0v) is 10.8. The number of hydrogen-bond acceptors (Lipinski definition) is 3. The van der Waals surface area contributed by atoms with Crippen LogP contribution in [0.1, 0.15) is 15.9 Å². The highest BCUT2D eigenvalue weighted by atomic mass is 35.5. The van der Waals surface area contributed by atoms with Gasteiger partial charge in [0.1, 0.15) is 12.3 Å². The van der Waals surface area contributed by atoms with Crippen molar-refractivity contribution in [2.75, 3.05) is 6.54 Å². The van der Waals surface area contributed by atoms with Crippen LogP contribution in [0.4, 0.5) is 0 Å². The summed E-state index contributed by atoms with van der Waals surface area (Å²) >= 11 is 5.81. The number of carbonyl (C=O) groups is 1. The lowest BCUT2D eigenvalue weighted by atomic mass is 10.1. The molecule has 19 heavy (non-hydrogen) atoms. The van der Waals surface area contributed by atoms with Gasteiger partial charge < -0.3 is 5.11 Å². The van der Waals surface area contributed by atoms with Gasteiger partial charge in [0.15, 0.2) is 5.78 Å². The largest absolute Gasteiger partial charge is 0.507 e. The van der Waals surface area contributed by atoms with Crippen LogP contribution in [0.5, 0.6) is 5.75 Å². The highest BCUT2D eigenvalue weighted by Gasteiger charge is 2.03. The molecule has 0 aliphatic heterocycles. The van der Waals surface area contributed by atoms with Crippen LogP contribution in [0.15, 0.2) is 53.5 Å². The maximum atomic E-state index is 11.8. The van der Waals surface area contributed by atoms with Crippen molar-refractivity contribution in [2.24, 2.45) is 4.99 Å². The number of ketones is 1. The molecule has 0 bridgehead atoms. The molecule has 0 heterocycles. The predicted octanol–water partition coefficient (Wildman–Crippen LogP) is 3.35. The average Bonchev–Trinajstić information content (AvgIpc) is 2.43. The topological polar surface area (TPSA) is 49.7 Å². The van der Waals surface area contributed by atoms with Crippen molar-refractivity contribution in [3.8, 4) is 5.75 Å². The first-order valence-electron chi connectivity index (χ1n) is 5.73. The van der Waals surface area contributed by atoms with Crippen molar-refractivity contribution in [3.63, 3.8) is 0 Å². The molecule has 2 aromatic rings. The molecule has 0 unspecified atom stereocenters. The Labute approximate surface area is 116 Å². The Bertz CT molecular complexity index is 609. The van der Waals surface area contributed by atoms with E-state index in [9.17, 15) is 9.90 Å². The summed E-state index contributed by atoms with van der Waals surface area (Å²) in [7, 11) is 0. The minimum atomic E-state index is -0.0710. The lowest BCUT2D eigenvalue weighted by Gasteiger charge is -1.99. The molecule has 0 aliphatic rings.